The van der Waals surface area contributed by atoms with Gasteiger partial charge in [0.15, 0.2) is 0 Å². The molecule has 3 aromatic rings. The van der Waals surface area contributed by atoms with Crippen LogP contribution < -0.4 is 14.2 Å². The van der Waals surface area contributed by atoms with Crippen LogP contribution in [0.2, 0.25) is 0 Å². The summed E-state index contributed by atoms with van der Waals surface area (Å²) in [5.41, 5.74) is 1.14. The first-order valence-electron chi connectivity index (χ1n) is 9.85. The number of aromatic nitrogens is 2. The topological polar surface area (TPSA) is 69.0 Å². The van der Waals surface area contributed by atoms with Gasteiger partial charge in [0.25, 0.3) is 0 Å². The van der Waals surface area contributed by atoms with Crippen LogP contribution >= 0.6 is 0 Å². The zero-order chi connectivity index (χ0) is 21.3. The van der Waals surface area contributed by atoms with E-state index in [9.17, 15) is 5.11 Å². The lowest BCUT2D eigenvalue weighted by molar-refractivity contribution is 0.0743. The molecule has 0 radical (unpaired) electrons. The lowest BCUT2D eigenvalue weighted by Gasteiger charge is -2.21. The van der Waals surface area contributed by atoms with Gasteiger partial charge in [-0.15, -0.1) is 0 Å². The first-order chi connectivity index (χ1) is 14.5. The zero-order valence-corrected chi connectivity index (χ0v) is 17.7. The molecule has 1 aromatic heterocycles. The number of aliphatic hydroxyl groups excluding tert-OH is 1. The molecule has 0 saturated carbocycles. The van der Waals surface area contributed by atoms with Gasteiger partial charge in [-0.3, -0.25) is 4.90 Å². The predicted molar refractivity (Wildman–Crippen MR) is 115 cm³/mol. The summed E-state index contributed by atoms with van der Waals surface area (Å²) < 4.78 is 18.5. The molecule has 7 heteroatoms. The summed E-state index contributed by atoms with van der Waals surface area (Å²) >= 11 is 0. The molecule has 1 N–H and O–H groups in total. The highest BCUT2D eigenvalue weighted by Crippen LogP contribution is 2.18. The smallest absolute Gasteiger partial charge is 0.146 e. The van der Waals surface area contributed by atoms with Gasteiger partial charge >= 0.3 is 0 Å². The highest BCUT2D eigenvalue weighted by molar-refractivity contribution is 5.31. The molecule has 0 spiro atoms. The number of hydrogen-bond acceptors (Lipinski definition) is 6. The average molecular weight is 412 g/mol. The van der Waals surface area contributed by atoms with Crippen molar-refractivity contribution >= 4 is 0 Å². The van der Waals surface area contributed by atoms with Gasteiger partial charge in [0.1, 0.15) is 42.4 Å². The van der Waals surface area contributed by atoms with Crippen LogP contribution in [0, 0.1) is 0 Å². The monoisotopic (exact) mass is 411 g/mol. The molecule has 30 heavy (non-hydrogen) atoms. The second kappa shape index (κ2) is 10.7. The quantitative estimate of drug-likeness (QED) is 0.523. The van der Waals surface area contributed by atoms with Crippen LogP contribution in [0.4, 0.5) is 0 Å². The van der Waals surface area contributed by atoms with Crippen molar-refractivity contribution in [2.24, 2.45) is 7.05 Å². The van der Waals surface area contributed by atoms with Crippen molar-refractivity contribution in [1.29, 1.82) is 0 Å². The van der Waals surface area contributed by atoms with Crippen LogP contribution in [0.5, 0.6) is 17.2 Å². The van der Waals surface area contributed by atoms with Gasteiger partial charge in [0.05, 0.1) is 7.11 Å². The summed E-state index contributed by atoms with van der Waals surface area (Å²) in [5, 5.41) is 10.3. The van der Waals surface area contributed by atoms with Gasteiger partial charge in [-0.25, -0.2) is 4.98 Å². The summed E-state index contributed by atoms with van der Waals surface area (Å²) in [6, 6.07) is 15.3. The third-order valence-corrected chi connectivity index (χ3v) is 4.69. The van der Waals surface area contributed by atoms with Gasteiger partial charge in [0, 0.05) is 32.5 Å². The normalized spacial score (nSPS) is 12.0. The van der Waals surface area contributed by atoms with E-state index in [4.69, 9.17) is 14.2 Å². The van der Waals surface area contributed by atoms with Gasteiger partial charge in [-0.05, 0) is 49.0 Å². The summed E-state index contributed by atoms with van der Waals surface area (Å²) in [6.07, 6.45) is 3.07. The van der Waals surface area contributed by atoms with E-state index in [1.807, 2.05) is 73.4 Å². The Hall–Kier alpha value is -3.03. The summed E-state index contributed by atoms with van der Waals surface area (Å²) in [4.78, 5) is 6.31. The second-order valence-corrected chi connectivity index (χ2v) is 7.22. The minimum Gasteiger partial charge on any atom is -0.497 e. The molecule has 2 aromatic carbocycles. The van der Waals surface area contributed by atoms with Gasteiger partial charge in [-0.1, -0.05) is 12.1 Å². The van der Waals surface area contributed by atoms with Crippen LogP contribution in [0.15, 0.2) is 60.9 Å². The van der Waals surface area contributed by atoms with Crippen molar-refractivity contribution in [3.05, 3.63) is 72.3 Å². The van der Waals surface area contributed by atoms with Crippen molar-refractivity contribution in [3.8, 4) is 17.2 Å². The molecule has 1 heterocycles. The van der Waals surface area contributed by atoms with E-state index in [0.717, 1.165) is 29.4 Å². The second-order valence-electron chi connectivity index (χ2n) is 7.22. The highest BCUT2D eigenvalue weighted by Gasteiger charge is 2.10. The van der Waals surface area contributed by atoms with Gasteiger partial charge < -0.3 is 23.9 Å². The molecular formula is C23H29N3O4. The van der Waals surface area contributed by atoms with Crippen LogP contribution in [0.25, 0.3) is 0 Å². The molecule has 0 fully saturated rings. The molecule has 0 aliphatic rings. The molecule has 0 aliphatic carbocycles. The molecule has 0 amide bonds. The Morgan fingerprint density at radius 1 is 1.00 bits per heavy atom. The molecule has 0 aliphatic heterocycles. The summed E-state index contributed by atoms with van der Waals surface area (Å²) in [7, 11) is 5.54. The van der Waals surface area contributed by atoms with Crippen LogP contribution in [0.1, 0.15) is 11.4 Å². The maximum Gasteiger partial charge on any atom is 0.146 e. The number of likely N-dealkylation sites (N-methyl/N-ethyl adjacent to an activating group) is 1. The van der Waals surface area contributed by atoms with Crippen LogP contribution in [-0.2, 0) is 20.2 Å². The molecule has 160 valence electrons. The number of aliphatic hydroxyl groups is 1. The van der Waals surface area contributed by atoms with E-state index >= 15 is 0 Å². The fraction of sp³-hybridized carbons (Fsp3) is 0.348. The number of rotatable bonds is 11. The Bertz CT molecular complexity index is 894. The van der Waals surface area contributed by atoms with E-state index in [1.54, 1.807) is 13.3 Å². The minimum atomic E-state index is -0.586. The van der Waals surface area contributed by atoms with Crippen LogP contribution in [0.3, 0.4) is 0 Å². The number of methoxy groups -OCH3 is 1. The Morgan fingerprint density at radius 2 is 1.63 bits per heavy atom. The number of ether oxygens (including phenoxy) is 3. The van der Waals surface area contributed by atoms with Gasteiger partial charge in [0.2, 0.25) is 0 Å². The molecule has 0 saturated heterocycles. The highest BCUT2D eigenvalue weighted by atomic mass is 16.5. The first-order valence-corrected chi connectivity index (χ1v) is 9.85. The Kier molecular flexibility index (Phi) is 7.70. The Morgan fingerprint density at radius 3 is 2.27 bits per heavy atom. The molecule has 7 nitrogen and oxygen atoms in total. The first kappa shape index (κ1) is 21.7. The van der Waals surface area contributed by atoms with Crippen molar-refractivity contribution in [2.45, 2.75) is 19.3 Å². The minimum absolute atomic E-state index is 0.233. The predicted octanol–water partition coefficient (Wildman–Crippen LogP) is 2.88. The number of imidazole rings is 1. The molecule has 0 bridgehead atoms. The van der Waals surface area contributed by atoms with Crippen molar-refractivity contribution in [2.75, 3.05) is 27.3 Å². The fourth-order valence-corrected chi connectivity index (χ4v) is 3.03. The lowest BCUT2D eigenvalue weighted by Crippen LogP contribution is -2.32. The zero-order valence-electron chi connectivity index (χ0n) is 17.7. The van der Waals surface area contributed by atoms with E-state index in [-0.39, 0.29) is 6.61 Å². The molecule has 1 atom stereocenters. The largest absolute Gasteiger partial charge is 0.497 e. The number of hydrogen-bond donors (Lipinski definition) is 1. The van der Waals surface area contributed by atoms with E-state index in [0.29, 0.717) is 18.9 Å². The Labute approximate surface area is 177 Å². The van der Waals surface area contributed by atoms with Gasteiger partial charge in [-0.2, -0.15) is 0 Å². The standard InChI is InChI=1S/C23H29N3O4/c1-25(15-19(27)16-29-22-10-8-20(28-3)9-11-22)14-18-4-6-21(7-5-18)30-17-23-24-12-13-26(23)2/h4-13,19,27H,14-17H2,1-3H3/t19-/m1/s1. The Balaban J connectivity index is 1.40. The van der Waals surface area contributed by atoms with Crippen molar-refractivity contribution in [1.82, 2.24) is 14.5 Å². The van der Waals surface area contributed by atoms with E-state index in [2.05, 4.69) is 9.88 Å². The maximum atomic E-state index is 10.3. The third kappa shape index (κ3) is 6.50. The number of nitrogens with zero attached hydrogens (tertiary/aromatic N) is 3. The summed E-state index contributed by atoms with van der Waals surface area (Å²) in [5.74, 6) is 3.16. The average Bonchev–Trinajstić information content (AvgIpc) is 3.16. The lowest BCUT2D eigenvalue weighted by atomic mass is 10.2. The summed E-state index contributed by atoms with van der Waals surface area (Å²) in [6.45, 7) is 1.90. The fourth-order valence-electron chi connectivity index (χ4n) is 3.03. The van der Waals surface area contributed by atoms with Crippen LogP contribution in [-0.4, -0.2) is 53.0 Å². The third-order valence-electron chi connectivity index (χ3n) is 4.69. The van der Waals surface area contributed by atoms with Crippen molar-refractivity contribution in [3.63, 3.8) is 0 Å². The maximum absolute atomic E-state index is 10.3. The molecule has 3 rings (SSSR count). The molecular weight excluding hydrogens is 382 g/mol. The SMILES string of the molecule is COc1ccc(OC[C@H](O)CN(C)Cc2ccc(OCc3nccn3C)cc2)cc1. The van der Waals surface area contributed by atoms with E-state index in [1.165, 1.54) is 0 Å². The molecule has 0 unspecified atom stereocenters. The van der Waals surface area contributed by atoms with E-state index < -0.39 is 6.10 Å². The number of benzene rings is 2. The number of aryl methyl sites for hydroxylation is 1. The van der Waals surface area contributed by atoms with Crippen molar-refractivity contribution < 1.29 is 19.3 Å².